The van der Waals surface area contributed by atoms with Crippen molar-refractivity contribution in [2.75, 3.05) is 0 Å². The van der Waals surface area contributed by atoms with Crippen LogP contribution in [0.2, 0.25) is 0 Å². The molecule has 0 saturated carbocycles. The van der Waals surface area contributed by atoms with Gasteiger partial charge in [-0.1, -0.05) is 0 Å². The molecule has 0 N–H and O–H groups in total. The number of nitro benzene ring substituents is 1. The summed E-state index contributed by atoms with van der Waals surface area (Å²) in [5.41, 5.74) is 0.166. The summed E-state index contributed by atoms with van der Waals surface area (Å²) in [7, 11) is 0. The van der Waals surface area contributed by atoms with Crippen LogP contribution in [-0.2, 0) is 0 Å². The second-order valence-electron chi connectivity index (χ2n) is 2.78. The summed E-state index contributed by atoms with van der Waals surface area (Å²) >= 11 is -1.38. The molecule has 14 heavy (non-hydrogen) atoms. The van der Waals surface area contributed by atoms with E-state index in [1.807, 2.05) is 12.1 Å². The molecule has 0 spiro atoms. The number of hydrogen-bond donors (Lipinski definition) is 0. The van der Waals surface area contributed by atoms with Crippen LogP contribution in [0.3, 0.4) is 0 Å². The predicted octanol–water partition coefficient (Wildman–Crippen LogP) is 1.50. The van der Waals surface area contributed by atoms with Gasteiger partial charge in [0.1, 0.15) is 0 Å². The Balaban J connectivity index is 2.25. The zero-order chi connectivity index (χ0) is 9.97. The Morgan fingerprint density at radius 2 is 1.64 bits per heavy atom. The summed E-state index contributed by atoms with van der Waals surface area (Å²) in [6.07, 6.45) is 4.11. The van der Waals surface area contributed by atoms with Gasteiger partial charge in [-0.05, 0) is 0 Å². The first-order valence-corrected chi connectivity index (χ1v) is 7.94. The van der Waals surface area contributed by atoms with Crippen LogP contribution in [0, 0.1) is 10.1 Å². The minimum absolute atomic E-state index is 0.166. The van der Waals surface area contributed by atoms with Crippen molar-refractivity contribution >= 4 is 28.9 Å². The van der Waals surface area contributed by atoms with Gasteiger partial charge in [-0.15, -0.1) is 0 Å². The second kappa shape index (κ2) is 3.95. The van der Waals surface area contributed by atoms with E-state index in [4.69, 9.17) is 0 Å². The van der Waals surface area contributed by atoms with Crippen molar-refractivity contribution < 1.29 is 4.92 Å². The summed E-state index contributed by atoms with van der Waals surface area (Å²) in [5, 5.41) is 10.4. The Bertz CT molecular complexity index is 397. The molecule has 1 radical (unpaired) electrons. The monoisotopic (exact) mass is 304 g/mol. The molecule has 2 rings (SSSR count). The van der Waals surface area contributed by atoms with Crippen LogP contribution < -0.4 is 3.61 Å². The average molecular weight is 302 g/mol. The molecule has 0 bridgehead atoms. The number of rotatable bonds is 2. The van der Waals surface area contributed by atoms with Crippen LogP contribution in [0.4, 0.5) is 5.69 Å². The SMILES string of the molecule is O=[N+]([O-])c1ccc([Te]2C=CC=C2)cc1. The van der Waals surface area contributed by atoms with E-state index in [1.165, 1.54) is 3.61 Å². The number of allylic oxidation sites excluding steroid dienone is 2. The fraction of sp³-hybridized carbons (Fsp3) is 0. The van der Waals surface area contributed by atoms with Gasteiger partial charge in [-0.2, -0.15) is 0 Å². The van der Waals surface area contributed by atoms with Crippen LogP contribution in [0.1, 0.15) is 0 Å². The molecule has 1 aliphatic rings. The molecule has 0 amide bonds. The quantitative estimate of drug-likeness (QED) is 0.472. The normalized spacial score (nSPS) is 14.9. The van der Waals surface area contributed by atoms with Gasteiger partial charge in [-0.3, -0.25) is 0 Å². The van der Waals surface area contributed by atoms with Crippen LogP contribution in [0.5, 0.6) is 0 Å². The van der Waals surface area contributed by atoms with Gasteiger partial charge in [0.15, 0.2) is 0 Å². The molecular formula is C10H8NO2Te. The van der Waals surface area contributed by atoms with E-state index in [0.29, 0.717) is 0 Å². The van der Waals surface area contributed by atoms with E-state index in [9.17, 15) is 10.1 Å². The average Bonchev–Trinajstić information content (AvgIpc) is 2.71. The summed E-state index contributed by atoms with van der Waals surface area (Å²) in [4.78, 5) is 10.1. The van der Waals surface area contributed by atoms with E-state index >= 15 is 0 Å². The molecule has 0 aliphatic carbocycles. The Kier molecular flexibility index (Phi) is 2.67. The van der Waals surface area contributed by atoms with Crippen molar-refractivity contribution in [3.8, 4) is 0 Å². The van der Waals surface area contributed by atoms with E-state index in [2.05, 4.69) is 20.4 Å². The molecule has 1 aromatic rings. The number of hydrogen-bond acceptors (Lipinski definition) is 2. The molecule has 1 heterocycles. The molecule has 1 aromatic carbocycles. The van der Waals surface area contributed by atoms with Crippen molar-refractivity contribution in [3.05, 3.63) is 54.8 Å². The predicted molar refractivity (Wildman–Crippen MR) is 56.8 cm³/mol. The Morgan fingerprint density at radius 3 is 2.14 bits per heavy atom. The van der Waals surface area contributed by atoms with Gasteiger partial charge in [0.2, 0.25) is 0 Å². The van der Waals surface area contributed by atoms with Gasteiger partial charge < -0.3 is 0 Å². The van der Waals surface area contributed by atoms with Gasteiger partial charge in [0.25, 0.3) is 0 Å². The zero-order valence-corrected chi connectivity index (χ0v) is 9.62. The summed E-state index contributed by atoms with van der Waals surface area (Å²) in [6, 6.07) is 6.90. The molecule has 0 unspecified atom stereocenters. The summed E-state index contributed by atoms with van der Waals surface area (Å²) in [5.74, 6) is 0. The first kappa shape index (κ1) is 9.44. The zero-order valence-electron chi connectivity index (χ0n) is 7.29. The maximum absolute atomic E-state index is 10.4. The van der Waals surface area contributed by atoms with Gasteiger partial charge >= 0.3 is 88.6 Å². The number of nitrogens with zero attached hydrogens (tertiary/aromatic N) is 1. The topological polar surface area (TPSA) is 43.1 Å². The first-order chi connectivity index (χ1) is 6.77. The Labute approximate surface area is 88.5 Å². The van der Waals surface area contributed by atoms with E-state index in [1.54, 1.807) is 12.1 Å². The van der Waals surface area contributed by atoms with E-state index in [0.717, 1.165) is 0 Å². The number of nitro groups is 1. The molecule has 1 aliphatic heterocycles. The molecule has 0 aromatic heterocycles. The third kappa shape index (κ3) is 1.87. The van der Waals surface area contributed by atoms with Crippen molar-refractivity contribution in [2.45, 2.75) is 0 Å². The molecular weight excluding hydrogens is 294 g/mol. The summed E-state index contributed by atoms with van der Waals surface area (Å²) in [6.45, 7) is 0. The van der Waals surface area contributed by atoms with Crippen LogP contribution in [0.15, 0.2) is 44.7 Å². The van der Waals surface area contributed by atoms with E-state index < -0.39 is 19.6 Å². The van der Waals surface area contributed by atoms with Crippen LogP contribution in [-0.4, -0.2) is 24.5 Å². The van der Waals surface area contributed by atoms with Crippen molar-refractivity contribution in [1.29, 1.82) is 0 Å². The van der Waals surface area contributed by atoms with Crippen LogP contribution in [0.25, 0.3) is 0 Å². The van der Waals surface area contributed by atoms with Gasteiger partial charge in [0, 0.05) is 0 Å². The molecule has 0 fully saturated rings. The third-order valence-corrected chi connectivity index (χ3v) is 6.78. The Hall–Kier alpha value is -1.11. The number of benzene rings is 1. The minimum atomic E-state index is -1.38. The Morgan fingerprint density at radius 1 is 1.07 bits per heavy atom. The molecule has 4 heteroatoms. The molecule has 71 valence electrons. The fourth-order valence-electron chi connectivity index (χ4n) is 1.19. The molecule has 0 atom stereocenters. The van der Waals surface area contributed by atoms with Gasteiger partial charge in [0.05, 0.1) is 0 Å². The van der Waals surface area contributed by atoms with E-state index in [-0.39, 0.29) is 10.6 Å². The van der Waals surface area contributed by atoms with Crippen LogP contribution >= 0.6 is 0 Å². The van der Waals surface area contributed by atoms with Crippen molar-refractivity contribution in [3.63, 3.8) is 0 Å². The standard InChI is InChI=1S/C10H8NO2Te/c12-11(13)9-3-5-10(6-4-9)14-7-1-2-8-14/h1-8H. The fourth-order valence-corrected chi connectivity index (χ4v) is 5.11. The third-order valence-electron chi connectivity index (χ3n) is 1.88. The molecule has 3 nitrogen and oxygen atoms in total. The first-order valence-electron chi connectivity index (χ1n) is 4.09. The van der Waals surface area contributed by atoms with Crippen molar-refractivity contribution in [2.24, 2.45) is 0 Å². The second-order valence-corrected chi connectivity index (χ2v) is 7.80. The van der Waals surface area contributed by atoms with Crippen molar-refractivity contribution in [1.82, 2.24) is 0 Å². The van der Waals surface area contributed by atoms with Gasteiger partial charge in [-0.25, -0.2) is 0 Å². The maximum atomic E-state index is 10.4. The molecule has 0 saturated heterocycles. The summed E-state index contributed by atoms with van der Waals surface area (Å²) < 4.78 is 5.71. The number of non-ortho nitro benzene ring substituents is 1.